The lowest BCUT2D eigenvalue weighted by Crippen LogP contribution is -2.65. The van der Waals surface area contributed by atoms with Gasteiger partial charge in [-0.1, -0.05) is 13.8 Å². The van der Waals surface area contributed by atoms with Crippen molar-refractivity contribution in [2.45, 2.75) is 32.4 Å². The van der Waals surface area contributed by atoms with Crippen LogP contribution >= 0.6 is 0 Å². The molecular formula is C12H26N2O2. The van der Waals surface area contributed by atoms with Crippen LogP contribution < -0.4 is 5.73 Å². The number of methoxy groups -OCH3 is 1. The lowest BCUT2D eigenvalue weighted by molar-refractivity contribution is -0.0964. The van der Waals surface area contributed by atoms with Crippen LogP contribution in [-0.4, -0.2) is 56.5 Å². The number of hydrogen-bond acceptors (Lipinski definition) is 4. The SMILES string of the molecule is COCC(CN)(C(C)C)N1CCOCC1C. The predicted octanol–water partition coefficient (Wildman–Crippen LogP) is 0.707. The number of nitrogens with two attached hydrogens (primary N) is 1. The molecule has 0 bridgehead atoms. The minimum Gasteiger partial charge on any atom is -0.383 e. The standard InChI is InChI=1S/C12H26N2O2/c1-10(2)12(8-13,9-15-4)14-5-6-16-7-11(14)3/h10-11H,5-9,13H2,1-4H3. The van der Waals surface area contributed by atoms with Crippen molar-refractivity contribution in [2.75, 3.05) is 40.0 Å². The van der Waals surface area contributed by atoms with Gasteiger partial charge in [0.15, 0.2) is 0 Å². The van der Waals surface area contributed by atoms with Gasteiger partial charge in [0.25, 0.3) is 0 Å². The number of ether oxygens (including phenoxy) is 2. The summed E-state index contributed by atoms with van der Waals surface area (Å²) < 4.78 is 10.9. The van der Waals surface area contributed by atoms with E-state index < -0.39 is 0 Å². The summed E-state index contributed by atoms with van der Waals surface area (Å²) in [5, 5.41) is 0. The smallest absolute Gasteiger partial charge is 0.0661 e. The van der Waals surface area contributed by atoms with Gasteiger partial charge in [-0.3, -0.25) is 4.90 Å². The van der Waals surface area contributed by atoms with Crippen LogP contribution in [0.4, 0.5) is 0 Å². The first-order chi connectivity index (χ1) is 7.58. The van der Waals surface area contributed by atoms with Crippen LogP contribution in [0.15, 0.2) is 0 Å². The highest BCUT2D eigenvalue weighted by molar-refractivity contribution is 4.97. The molecular weight excluding hydrogens is 204 g/mol. The van der Waals surface area contributed by atoms with E-state index in [1.54, 1.807) is 7.11 Å². The molecule has 1 heterocycles. The number of hydrogen-bond donors (Lipinski definition) is 1. The molecule has 1 fully saturated rings. The van der Waals surface area contributed by atoms with Gasteiger partial charge in [0.1, 0.15) is 0 Å². The topological polar surface area (TPSA) is 47.7 Å². The first kappa shape index (κ1) is 13.9. The van der Waals surface area contributed by atoms with Gasteiger partial charge in [-0.15, -0.1) is 0 Å². The van der Waals surface area contributed by atoms with E-state index in [2.05, 4.69) is 25.7 Å². The van der Waals surface area contributed by atoms with Crippen LogP contribution in [0, 0.1) is 5.92 Å². The van der Waals surface area contributed by atoms with E-state index >= 15 is 0 Å². The van der Waals surface area contributed by atoms with Crippen LogP contribution in [0.3, 0.4) is 0 Å². The Labute approximate surface area is 99.1 Å². The zero-order chi connectivity index (χ0) is 12.2. The molecule has 0 aliphatic carbocycles. The lowest BCUT2D eigenvalue weighted by atomic mass is 9.83. The molecule has 0 aromatic rings. The minimum absolute atomic E-state index is 0.0576. The monoisotopic (exact) mass is 230 g/mol. The summed E-state index contributed by atoms with van der Waals surface area (Å²) in [7, 11) is 1.75. The third-order valence-corrected chi connectivity index (χ3v) is 3.76. The van der Waals surface area contributed by atoms with Crippen LogP contribution in [0.25, 0.3) is 0 Å². The van der Waals surface area contributed by atoms with Crippen molar-refractivity contribution in [3.63, 3.8) is 0 Å². The fourth-order valence-electron chi connectivity index (χ4n) is 2.63. The Morgan fingerprint density at radius 1 is 1.56 bits per heavy atom. The second kappa shape index (κ2) is 5.96. The van der Waals surface area contributed by atoms with E-state index in [0.717, 1.165) is 19.8 Å². The van der Waals surface area contributed by atoms with Crippen molar-refractivity contribution < 1.29 is 9.47 Å². The van der Waals surface area contributed by atoms with E-state index in [1.807, 2.05) is 0 Å². The average molecular weight is 230 g/mol. The van der Waals surface area contributed by atoms with E-state index in [-0.39, 0.29) is 5.54 Å². The second-order valence-electron chi connectivity index (χ2n) is 5.01. The van der Waals surface area contributed by atoms with Crippen LogP contribution in [0.5, 0.6) is 0 Å². The summed E-state index contributed by atoms with van der Waals surface area (Å²) in [6.45, 7) is 10.5. The summed E-state index contributed by atoms with van der Waals surface area (Å²) in [6.07, 6.45) is 0. The van der Waals surface area contributed by atoms with Crippen molar-refractivity contribution in [1.82, 2.24) is 4.90 Å². The first-order valence-corrected chi connectivity index (χ1v) is 6.12. The third kappa shape index (κ3) is 2.56. The molecule has 0 aromatic carbocycles. The summed E-state index contributed by atoms with van der Waals surface area (Å²) in [6, 6.07) is 0.412. The maximum atomic E-state index is 6.03. The van der Waals surface area contributed by atoms with Gasteiger partial charge in [0.2, 0.25) is 0 Å². The zero-order valence-corrected chi connectivity index (χ0v) is 11.0. The van der Waals surface area contributed by atoms with Crippen molar-refractivity contribution in [3.05, 3.63) is 0 Å². The summed E-state index contributed by atoms with van der Waals surface area (Å²) in [5.41, 5.74) is 5.97. The molecule has 0 radical (unpaired) electrons. The zero-order valence-electron chi connectivity index (χ0n) is 11.0. The Balaban J connectivity index is 2.88. The van der Waals surface area contributed by atoms with Crippen LogP contribution in [0.1, 0.15) is 20.8 Å². The van der Waals surface area contributed by atoms with Crippen molar-refractivity contribution in [1.29, 1.82) is 0 Å². The first-order valence-electron chi connectivity index (χ1n) is 6.12. The average Bonchev–Trinajstić information content (AvgIpc) is 2.26. The molecule has 2 unspecified atom stereocenters. The summed E-state index contributed by atoms with van der Waals surface area (Å²) in [5.74, 6) is 0.470. The molecule has 1 aliphatic heterocycles. The molecule has 1 rings (SSSR count). The van der Waals surface area contributed by atoms with E-state index in [4.69, 9.17) is 15.2 Å². The Bertz CT molecular complexity index is 211. The van der Waals surface area contributed by atoms with Gasteiger partial charge in [0, 0.05) is 26.2 Å². The van der Waals surface area contributed by atoms with Gasteiger partial charge < -0.3 is 15.2 Å². The van der Waals surface area contributed by atoms with Gasteiger partial charge in [0.05, 0.1) is 25.4 Å². The predicted molar refractivity (Wildman–Crippen MR) is 65.5 cm³/mol. The Morgan fingerprint density at radius 3 is 2.69 bits per heavy atom. The molecule has 0 spiro atoms. The van der Waals surface area contributed by atoms with Crippen molar-refractivity contribution in [2.24, 2.45) is 11.7 Å². The van der Waals surface area contributed by atoms with E-state index in [1.165, 1.54) is 0 Å². The molecule has 0 aromatic heterocycles. The fourth-order valence-corrected chi connectivity index (χ4v) is 2.63. The Morgan fingerprint density at radius 2 is 2.25 bits per heavy atom. The Kier molecular flexibility index (Phi) is 5.18. The summed E-state index contributed by atoms with van der Waals surface area (Å²) >= 11 is 0. The lowest BCUT2D eigenvalue weighted by Gasteiger charge is -2.50. The normalized spacial score (nSPS) is 27.0. The number of nitrogens with zero attached hydrogens (tertiary/aromatic N) is 1. The highest BCUT2D eigenvalue weighted by atomic mass is 16.5. The second-order valence-corrected chi connectivity index (χ2v) is 5.01. The van der Waals surface area contributed by atoms with Crippen molar-refractivity contribution >= 4 is 0 Å². The highest BCUT2D eigenvalue weighted by Gasteiger charge is 2.42. The van der Waals surface area contributed by atoms with Gasteiger partial charge in [-0.2, -0.15) is 0 Å². The molecule has 4 heteroatoms. The maximum absolute atomic E-state index is 6.03. The molecule has 0 saturated carbocycles. The van der Waals surface area contributed by atoms with Crippen LogP contribution in [0.2, 0.25) is 0 Å². The number of rotatable bonds is 5. The number of morpholine rings is 1. The van der Waals surface area contributed by atoms with Gasteiger partial charge in [-0.25, -0.2) is 0 Å². The van der Waals surface area contributed by atoms with E-state index in [0.29, 0.717) is 25.1 Å². The molecule has 1 saturated heterocycles. The molecule has 2 N–H and O–H groups in total. The molecule has 96 valence electrons. The molecule has 2 atom stereocenters. The molecule has 16 heavy (non-hydrogen) atoms. The summed E-state index contributed by atoms with van der Waals surface area (Å²) in [4.78, 5) is 2.46. The third-order valence-electron chi connectivity index (χ3n) is 3.76. The molecule has 4 nitrogen and oxygen atoms in total. The fraction of sp³-hybridized carbons (Fsp3) is 1.00. The van der Waals surface area contributed by atoms with E-state index in [9.17, 15) is 0 Å². The quantitative estimate of drug-likeness (QED) is 0.755. The maximum Gasteiger partial charge on any atom is 0.0661 e. The Hall–Kier alpha value is -0.160. The molecule has 1 aliphatic rings. The van der Waals surface area contributed by atoms with Gasteiger partial charge >= 0.3 is 0 Å². The minimum atomic E-state index is -0.0576. The molecule has 0 amide bonds. The van der Waals surface area contributed by atoms with Crippen molar-refractivity contribution in [3.8, 4) is 0 Å². The largest absolute Gasteiger partial charge is 0.383 e. The van der Waals surface area contributed by atoms with Crippen LogP contribution in [-0.2, 0) is 9.47 Å². The highest BCUT2D eigenvalue weighted by Crippen LogP contribution is 2.28. The van der Waals surface area contributed by atoms with Gasteiger partial charge in [-0.05, 0) is 12.8 Å².